The van der Waals surface area contributed by atoms with Gasteiger partial charge in [0.05, 0.1) is 10.8 Å². The molecule has 1 aromatic heterocycles. The standard InChI is InChI=1S/C13H9ClFNOS/c14-11-2-1-7-16-13(11)18-8-12(17)9-3-5-10(15)6-4-9/h1-7H,8H2. The molecule has 18 heavy (non-hydrogen) atoms. The largest absolute Gasteiger partial charge is 0.293 e. The third-order valence-corrected chi connectivity index (χ3v) is 3.65. The van der Waals surface area contributed by atoms with Crippen molar-refractivity contribution in [3.8, 4) is 0 Å². The first-order chi connectivity index (χ1) is 8.66. The summed E-state index contributed by atoms with van der Waals surface area (Å²) in [5.41, 5.74) is 0.482. The molecule has 0 aliphatic carbocycles. The molecule has 0 unspecified atom stereocenters. The number of Topliss-reactive ketones (excluding diaryl/α,β-unsaturated/α-hetero) is 1. The van der Waals surface area contributed by atoms with Crippen LogP contribution in [-0.4, -0.2) is 16.5 Å². The molecule has 0 saturated carbocycles. The number of halogens is 2. The lowest BCUT2D eigenvalue weighted by Gasteiger charge is -2.02. The van der Waals surface area contributed by atoms with Gasteiger partial charge >= 0.3 is 0 Å². The maximum absolute atomic E-state index is 12.7. The van der Waals surface area contributed by atoms with Gasteiger partial charge in [-0.25, -0.2) is 9.37 Å². The van der Waals surface area contributed by atoms with Crippen molar-refractivity contribution >= 4 is 29.1 Å². The first-order valence-electron chi connectivity index (χ1n) is 5.19. The third-order valence-electron chi connectivity index (χ3n) is 2.23. The molecule has 0 bridgehead atoms. The van der Waals surface area contributed by atoms with Crippen LogP contribution in [0.4, 0.5) is 4.39 Å². The van der Waals surface area contributed by atoms with Gasteiger partial charge in [-0.1, -0.05) is 23.4 Å². The van der Waals surface area contributed by atoms with Crippen LogP contribution in [0.2, 0.25) is 5.02 Å². The van der Waals surface area contributed by atoms with E-state index in [1.807, 2.05) is 0 Å². The summed E-state index contributed by atoms with van der Waals surface area (Å²) in [5, 5.41) is 1.14. The maximum Gasteiger partial charge on any atom is 0.173 e. The van der Waals surface area contributed by atoms with Gasteiger partial charge in [0.1, 0.15) is 10.8 Å². The molecular formula is C13H9ClFNOS. The van der Waals surface area contributed by atoms with Gasteiger partial charge in [0.2, 0.25) is 0 Å². The van der Waals surface area contributed by atoms with Gasteiger partial charge in [0.25, 0.3) is 0 Å². The SMILES string of the molecule is O=C(CSc1ncccc1Cl)c1ccc(F)cc1. The average molecular weight is 282 g/mol. The van der Waals surface area contributed by atoms with Crippen LogP contribution < -0.4 is 0 Å². The van der Waals surface area contributed by atoms with Crippen molar-refractivity contribution in [1.82, 2.24) is 4.98 Å². The van der Waals surface area contributed by atoms with Crippen LogP contribution in [0.25, 0.3) is 0 Å². The lowest BCUT2D eigenvalue weighted by Crippen LogP contribution is -2.02. The average Bonchev–Trinajstić information content (AvgIpc) is 2.38. The number of thioether (sulfide) groups is 1. The number of hydrogen-bond acceptors (Lipinski definition) is 3. The van der Waals surface area contributed by atoms with Crippen molar-refractivity contribution < 1.29 is 9.18 Å². The van der Waals surface area contributed by atoms with E-state index in [2.05, 4.69) is 4.98 Å². The highest BCUT2D eigenvalue weighted by Gasteiger charge is 2.09. The zero-order valence-corrected chi connectivity index (χ0v) is 10.8. The molecule has 2 nitrogen and oxygen atoms in total. The number of nitrogens with zero attached hydrogens (tertiary/aromatic N) is 1. The number of rotatable bonds is 4. The molecule has 0 N–H and O–H groups in total. The second kappa shape index (κ2) is 5.98. The van der Waals surface area contributed by atoms with Crippen molar-refractivity contribution in [2.45, 2.75) is 5.03 Å². The van der Waals surface area contributed by atoms with E-state index in [1.165, 1.54) is 36.0 Å². The molecule has 1 heterocycles. The van der Waals surface area contributed by atoms with Gasteiger partial charge in [0, 0.05) is 11.8 Å². The summed E-state index contributed by atoms with van der Waals surface area (Å²) in [6.07, 6.45) is 1.62. The van der Waals surface area contributed by atoms with Crippen molar-refractivity contribution in [2.24, 2.45) is 0 Å². The van der Waals surface area contributed by atoms with Crippen LogP contribution in [-0.2, 0) is 0 Å². The van der Waals surface area contributed by atoms with Gasteiger partial charge in [-0.05, 0) is 36.4 Å². The number of ketones is 1. The number of benzene rings is 1. The molecule has 0 radical (unpaired) electrons. The Kier molecular flexibility index (Phi) is 4.33. The van der Waals surface area contributed by atoms with E-state index < -0.39 is 0 Å². The highest BCUT2D eigenvalue weighted by Crippen LogP contribution is 2.24. The molecule has 1 aromatic carbocycles. The molecule has 2 rings (SSSR count). The van der Waals surface area contributed by atoms with Crippen molar-refractivity contribution in [1.29, 1.82) is 0 Å². The summed E-state index contributed by atoms with van der Waals surface area (Å²) < 4.78 is 12.7. The lowest BCUT2D eigenvalue weighted by molar-refractivity contribution is 0.102. The van der Waals surface area contributed by atoms with Gasteiger partial charge in [-0.3, -0.25) is 4.79 Å². The predicted octanol–water partition coefficient (Wildman–Crippen LogP) is 3.85. The molecule has 5 heteroatoms. The van der Waals surface area contributed by atoms with Crippen LogP contribution in [0.5, 0.6) is 0 Å². The van der Waals surface area contributed by atoms with E-state index >= 15 is 0 Å². The molecule has 0 saturated heterocycles. The first kappa shape index (κ1) is 13.1. The van der Waals surface area contributed by atoms with Crippen LogP contribution in [0, 0.1) is 5.82 Å². The summed E-state index contributed by atoms with van der Waals surface area (Å²) >= 11 is 7.20. The molecule has 2 aromatic rings. The Balaban J connectivity index is 2.01. The van der Waals surface area contributed by atoms with Crippen molar-refractivity contribution in [3.63, 3.8) is 0 Å². The molecular weight excluding hydrogens is 273 g/mol. The Bertz CT molecular complexity index is 559. The summed E-state index contributed by atoms with van der Waals surface area (Å²) in [7, 11) is 0. The molecule has 0 aliphatic rings. The molecule has 0 aliphatic heterocycles. The highest BCUT2D eigenvalue weighted by molar-refractivity contribution is 8.00. The van der Waals surface area contributed by atoms with Crippen molar-refractivity contribution in [3.05, 3.63) is 59.0 Å². The molecule has 0 fully saturated rings. The molecule has 92 valence electrons. The number of hydrogen-bond donors (Lipinski definition) is 0. The van der Waals surface area contributed by atoms with Crippen LogP contribution in [0.3, 0.4) is 0 Å². The topological polar surface area (TPSA) is 30.0 Å². The Morgan fingerprint density at radius 2 is 2.00 bits per heavy atom. The van der Waals surface area contributed by atoms with Gasteiger partial charge in [0.15, 0.2) is 5.78 Å². The van der Waals surface area contributed by atoms with E-state index in [1.54, 1.807) is 18.3 Å². The predicted molar refractivity (Wildman–Crippen MR) is 70.7 cm³/mol. The van der Waals surface area contributed by atoms with Crippen LogP contribution >= 0.6 is 23.4 Å². The highest BCUT2D eigenvalue weighted by atomic mass is 35.5. The quantitative estimate of drug-likeness (QED) is 0.630. The van der Waals surface area contributed by atoms with Crippen LogP contribution in [0.1, 0.15) is 10.4 Å². The van der Waals surface area contributed by atoms with E-state index in [4.69, 9.17) is 11.6 Å². The van der Waals surface area contributed by atoms with E-state index in [9.17, 15) is 9.18 Å². The monoisotopic (exact) mass is 281 g/mol. The minimum absolute atomic E-state index is 0.0817. The fourth-order valence-corrected chi connectivity index (χ4v) is 2.39. The summed E-state index contributed by atoms with van der Waals surface area (Å²) in [5.74, 6) is -0.212. The second-order valence-electron chi connectivity index (χ2n) is 3.51. The lowest BCUT2D eigenvalue weighted by atomic mass is 10.1. The first-order valence-corrected chi connectivity index (χ1v) is 6.55. The maximum atomic E-state index is 12.7. The Hall–Kier alpha value is -1.39. The number of carbonyl (C=O) groups is 1. The Morgan fingerprint density at radius 3 is 2.67 bits per heavy atom. The fourth-order valence-electron chi connectivity index (χ4n) is 1.33. The summed E-state index contributed by atoms with van der Waals surface area (Å²) in [6.45, 7) is 0. The fraction of sp³-hybridized carbons (Fsp3) is 0.0769. The smallest absolute Gasteiger partial charge is 0.173 e. The minimum Gasteiger partial charge on any atom is -0.293 e. The summed E-state index contributed by atoms with van der Waals surface area (Å²) in [4.78, 5) is 15.9. The Labute approximate surface area is 113 Å². The van der Waals surface area contributed by atoms with Crippen LogP contribution in [0.15, 0.2) is 47.6 Å². The van der Waals surface area contributed by atoms with Crippen molar-refractivity contribution in [2.75, 3.05) is 5.75 Å². The molecule has 0 amide bonds. The zero-order valence-electron chi connectivity index (χ0n) is 9.27. The zero-order chi connectivity index (χ0) is 13.0. The van der Waals surface area contributed by atoms with E-state index in [0.717, 1.165) is 0 Å². The van der Waals surface area contributed by atoms with Gasteiger partial charge in [-0.2, -0.15) is 0 Å². The number of carbonyl (C=O) groups excluding carboxylic acids is 1. The van der Waals surface area contributed by atoms with E-state index in [0.29, 0.717) is 15.6 Å². The molecule has 0 atom stereocenters. The van der Waals surface area contributed by atoms with E-state index in [-0.39, 0.29) is 17.4 Å². The normalized spacial score (nSPS) is 10.3. The summed E-state index contributed by atoms with van der Waals surface area (Å²) in [6, 6.07) is 8.93. The number of aromatic nitrogens is 1. The van der Waals surface area contributed by atoms with Gasteiger partial charge in [-0.15, -0.1) is 0 Å². The van der Waals surface area contributed by atoms with Gasteiger partial charge < -0.3 is 0 Å². The molecule has 0 spiro atoms. The third kappa shape index (κ3) is 3.31. The second-order valence-corrected chi connectivity index (χ2v) is 4.88. The minimum atomic E-state index is -0.355. The Morgan fingerprint density at radius 1 is 1.28 bits per heavy atom. The number of pyridine rings is 1.